The Hall–Kier alpha value is -1.17. The van der Waals surface area contributed by atoms with E-state index < -0.39 is 0 Å². The monoisotopic (exact) mass is 296 g/mol. The maximum Gasteiger partial charge on any atom is 0.106 e. The first kappa shape index (κ1) is 16.9. The fraction of sp³-hybridized carbons (Fsp3) is 0.533. The zero-order valence-electron chi connectivity index (χ0n) is 12.3. The third-order valence-corrected chi connectivity index (χ3v) is 3.21. The SMILES string of the molecule is COCCOCCCCNc1c(C)cccc1C(N)=S. The van der Waals surface area contributed by atoms with Crippen LogP contribution in [0.2, 0.25) is 0 Å². The molecule has 5 heteroatoms. The third-order valence-electron chi connectivity index (χ3n) is 2.99. The van der Waals surface area contributed by atoms with Crippen molar-refractivity contribution in [3.8, 4) is 0 Å². The Bertz CT molecular complexity index is 424. The number of thiocarbonyl (C=S) groups is 1. The lowest BCUT2D eigenvalue weighted by Gasteiger charge is -2.14. The van der Waals surface area contributed by atoms with Crippen LogP contribution in [0.15, 0.2) is 18.2 Å². The molecule has 0 aliphatic carbocycles. The molecule has 20 heavy (non-hydrogen) atoms. The first-order valence-corrected chi connectivity index (χ1v) is 7.27. The van der Waals surface area contributed by atoms with Crippen molar-refractivity contribution in [1.82, 2.24) is 0 Å². The molecule has 4 nitrogen and oxygen atoms in total. The molecule has 112 valence electrons. The van der Waals surface area contributed by atoms with E-state index in [9.17, 15) is 0 Å². The zero-order chi connectivity index (χ0) is 14.8. The highest BCUT2D eigenvalue weighted by Gasteiger charge is 2.06. The largest absolute Gasteiger partial charge is 0.389 e. The molecule has 3 N–H and O–H groups in total. The first-order valence-electron chi connectivity index (χ1n) is 6.86. The van der Waals surface area contributed by atoms with Crippen molar-refractivity contribution in [2.45, 2.75) is 19.8 Å². The molecule has 0 bridgehead atoms. The van der Waals surface area contributed by atoms with Gasteiger partial charge in [0.15, 0.2) is 0 Å². The van der Waals surface area contributed by atoms with Crippen molar-refractivity contribution in [3.05, 3.63) is 29.3 Å². The number of methoxy groups -OCH3 is 1. The van der Waals surface area contributed by atoms with Gasteiger partial charge in [-0.1, -0.05) is 24.4 Å². The lowest BCUT2D eigenvalue weighted by Crippen LogP contribution is -2.15. The number of anilines is 1. The highest BCUT2D eigenvalue weighted by atomic mass is 32.1. The maximum atomic E-state index is 5.74. The summed E-state index contributed by atoms with van der Waals surface area (Å²) in [4.78, 5) is 0.430. The van der Waals surface area contributed by atoms with Crippen LogP contribution in [0.1, 0.15) is 24.0 Å². The summed E-state index contributed by atoms with van der Waals surface area (Å²) in [5.41, 5.74) is 8.86. The van der Waals surface area contributed by atoms with E-state index in [1.54, 1.807) is 7.11 Å². The van der Waals surface area contributed by atoms with E-state index >= 15 is 0 Å². The summed E-state index contributed by atoms with van der Waals surface area (Å²) in [6.45, 7) is 5.01. The zero-order valence-corrected chi connectivity index (χ0v) is 13.1. The van der Waals surface area contributed by atoms with Crippen molar-refractivity contribution in [1.29, 1.82) is 0 Å². The standard InChI is InChI=1S/C15H24N2O2S/c1-12-6-5-7-13(15(16)20)14(12)17-8-3-4-9-19-11-10-18-2/h5-7,17H,3-4,8-11H2,1-2H3,(H2,16,20). The number of para-hydroxylation sites is 1. The van der Waals surface area contributed by atoms with Crippen LogP contribution in [0.5, 0.6) is 0 Å². The Labute approximate surface area is 126 Å². The van der Waals surface area contributed by atoms with Gasteiger partial charge in [0.25, 0.3) is 0 Å². The van der Waals surface area contributed by atoms with Gasteiger partial charge >= 0.3 is 0 Å². The number of benzene rings is 1. The number of hydrogen-bond donors (Lipinski definition) is 2. The number of rotatable bonds is 10. The van der Waals surface area contributed by atoms with Crippen LogP contribution in [0.4, 0.5) is 5.69 Å². The Morgan fingerprint density at radius 3 is 2.75 bits per heavy atom. The highest BCUT2D eigenvalue weighted by Crippen LogP contribution is 2.20. The van der Waals surface area contributed by atoms with Crippen molar-refractivity contribution >= 4 is 22.9 Å². The molecule has 0 aliphatic rings. The molecule has 0 radical (unpaired) electrons. The van der Waals surface area contributed by atoms with Gasteiger partial charge in [-0.15, -0.1) is 0 Å². The smallest absolute Gasteiger partial charge is 0.106 e. The summed E-state index contributed by atoms with van der Waals surface area (Å²) in [6.07, 6.45) is 2.06. The van der Waals surface area contributed by atoms with Crippen molar-refractivity contribution in [2.24, 2.45) is 5.73 Å². The molecule has 0 heterocycles. The number of nitrogens with two attached hydrogens (primary N) is 1. The second kappa shape index (κ2) is 9.69. The molecule has 1 aromatic carbocycles. The van der Waals surface area contributed by atoms with Crippen LogP contribution >= 0.6 is 12.2 Å². The molecule has 0 unspecified atom stereocenters. The molecule has 0 aliphatic heterocycles. The average molecular weight is 296 g/mol. The molecular formula is C15H24N2O2S. The summed E-state index contributed by atoms with van der Waals surface area (Å²) in [7, 11) is 1.68. The van der Waals surface area contributed by atoms with Gasteiger partial charge in [0.05, 0.1) is 13.2 Å². The number of nitrogens with one attached hydrogen (secondary N) is 1. The topological polar surface area (TPSA) is 56.5 Å². The van der Waals surface area contributed by atoms with Crippen LogP contribution in [0, 0.1) is 6.92 Å². The minimum atomic E-state index is 0.430. The first-order chi connectivity index (χ1) is 9.66. The molecule has 1 rings (SSSR count). The Balaban J connectivity index is 2.30. The minimum absolute atomic E-state index is 0.430. The van der Waals surface area contributed by atoms with Crippen LogP contribution in [-0.2, 0) is 9.47 Å². The lowest BCUT2D eigenvalue weighted by molar-refractivity contribution is 0.0691. The van der Waals surface area contributed by atoms with E-state index in [4.69, 9.17) is 27.4 Å². The molecule has 1 aromatic rings. The fourth-order valence-corrected chi connectivity index (χ4v) is 2.06. The van der Waals surface area contributed by atoms with Gasteiger partial charge in [0, 0.05) is 31.5 Å². The second-order valence-corrected chi connectivity index (χ2v) is 5.04. The highest BCUT2D eigenvalue weighted by molar-refractivity contribution is 7.80. The van der Waals surface area contributed by atoms with Crippen LogP contribution < -0.4 is 11.1 Å². The van der Waals surface area contributed by atoms with Gasteiger partial charge in [-0.2, -0.15) is 0 Å². The predicted molar refractivity (Wildman–Crippen MR) is 87.5 cm³/mol. The molecule has 0 saturated carbocycles. The van der Waals surface area contributed by atoms with Gasteiger partial charge < -0.3 is 20.5 Å². The third kappa shape index (κ3) is 5.86. The Kier molecular flexibility index (Phi) is 8.18. The van der Waals surface area contributed by atoms with Crippen LogP contribution in [-0.4, -0.2) is 38.5 Å². The summed E-state index contributed by atoms with van der Waals surface area (Å²) in [6, 6.07) is 5.97. The fourth-order valence-electron chi connectivity index (χ4n) is 1.89. The van der Waals surface area contributed by atoms with Gasteiger partial charge in [-0.05, 0) is 31.4 Å². The van der Waals surface area contributed by atoms with Gasteiger partial charge in [0.2, 0.25) is 0 Å². The summed E-state index contributed by atoms with van der Waals surface area (Å²) < 4.78 is 10.3. The quantitative estimate of drug-likeness (QED) is 0.513. The normalized spacial score (nSPS) is 10.5. The molecule has 0 spiro atoms. The Morgan fingerprint density at radius 2 is 2.05 bits per heavy atom. The molecule has 0 amide bonds. The van der Waals surface area contributed by atoms with Gasteiger partial charge in [-0.25, -0.2) is 0 Å². The van der Waals surface area contributed by atoms with E-state index in [2.05, 4.69) is 18.3 Å². The summed E-state index contributed by atoms with van der Waals surface area (Å²) >= 11 is 5.08. The molecule has 0 atom stereocenters. The van der Waals surface area contributed by atoms with Crippen LogP contribution in [0.3, 0.4) is 0 Å². The molecule has 0 saturated heterocycles. The van der Waals surface area contributed by atoms with E-state index in [1.807, 2.05) is 12.1 Å². The van der Waals surface area contributed by atoms with E-state index in [0.29, 0.717) is 18.2 Å². The Morgan fingerprint density at radius 1 is 1.25 bits per heavy atom. The van der Waals surface area contributed by atoms with Crippen LogP contribution in [0.25, 0.3) is 0 Å². The number of aryl methyl sites for hydroxylation is 1. The number of unbranched alkanes of at least 4 members (excludes halogenated alkanes) is 1. The molecular weight excluding hydrogens is 272 g/mol. The van der Waals surface area contributed by atoms with Crippen molar-refractivity contribution in [3.63, 3.8) is 0 Å². The summed E-state index contributed by atoms with van der Waals surface area (Å²) in [5.74, 6) is 0. The average Bonchev–Trinajstić information content (AvgIpc) is 2.43. The predicted octanol–water partition coefficient (Wildman–Crippen LogP) is 2.48. The van der Waals surface area contributed by atoms with Gasteiger partial charge in [0.1, 0.15) is 4.99 Å². The number of hydrogen-bond acceptors (Lipinski definition) is 4. The maximum absolute atomic E-state index is 5.74. The van der Waals surface area contributed by atoms with E-state index in [1.165, 1.54) is 0 Å². The van der Waals surface area contributed by atoms with Gasteiger partial charge in [-0.3, -0.25) is 0 Å². The van der Waals surface area contributed by atoms with Crippen molar-refractivity contribution < 1.29 is 9.47 Å². The van der Waals surface area contributed by atoms with E-state index in [-0.39, 0.29) is 0 Å². The number of ether oxygens (including phenoxy) is 2. The second-order valence-electron chi connectivity index (χ2n) is 4.60. The van der Waals surface area contributed by atoms with E-state index in [0.717, 1.165) is 42.8 Å². The minimum Gasteiger partial charge on any atom is -0.389 e. The van der Waals surface area contributed by atoms with Crippen molar-refractivity contribution in [2.75, 3.05) is 38.8 Å². The molecule has 0 fully saturated rings. The summed E-state index contributed by atoms with van der Waals surface area (Å²) in [5, 5.41) is 3.42. The molecule has 0 aromatic heterocycles. The lowest BCUT2D eigenvalue weighted by atomic mass is 10.1.